The Bertz CT molecular complexity index is 625. The molecule has 1 heterocycles. The minimum absolute atomic E-state index is 0.259. The monoisotopic (exact) mass is 228 g/mol. The van der Waals surface area contributed by atoms with E-state index in [1.54, 1.807) is 31.2 Å². The van der Waals surface area contributed by atoms with E-state index in [1.807, 2.05) is 6.07 Å². The van der Waals surface area contributed by atoms with Gasteiger partial charge in [0.05, 0.1) is 17.3 Å². The summed E-state index contributed by atoms with van der Waals surface area (Å²) in [7, 11) is 0. The van der Waals surface area contributed by atoms with Crippen LogP contribution in [-0.2, 0) is 0 Å². The number of hydrogen-bond acceptors (Lipinski definition) is 4. The Labute approximate surface area is 96.8 Å². The highest BCUT2D eigenvalue weighted by atomic mass is 16.4. The van der Waals surface area contributed by atoms with Crippen molar-refractivity contribution in [2.45, 2.75) is 6.92 Å². The summed E-state index contributed by atoms with van der Waals surface area (Å²) in [4.78, 5) is 14.5. The zero-order chi connectivity index (χ0) is 12.4. The number of nitriles is 1. The van der Waals surface area contributed by atoms with E-state index in [1.165, 1.54) is 4.68 Å². The van der Waals surface area contributed by atoms with Crippen LogP contribution in [0.15, 0.2) is 24.3 Å². The zero-order valence-corrected chi connectivity index (χ0v) is 8.95. The van der Waals surface area contributed by atoms with Crippen LogP contribution in [0.1, 0.15) is 22.0 Å². The van der Waals surface area contributed by atoms with Crippen molar-refractivity contribution in [3.8, 4) is 11.8 Å². The molecule has 0 atom stereocenters. The van der Waals surface area contributed by atoms with Crippen molar-refractivity contribution in [1.82, 2.24) is 14.8 Å². The summed E-state index contributed by atoms with van der Waals surface area (Å²) in [6, 6.07) is 8.72. The Kier molecular flexibility index (Phi) is 2.58. The first-order valence-electron chi connectivity index (χ1n) is 4.79. The smallest absolute Gasteiger partial charge is 0.375 e. The molecule has 0 amide bonds. The number of benzene rings is 1. The minimum Gasteiger partial charge on any atom is -0.475 e. The van der Waals surface area contributed by atoms with Crippen molar-refractivity contribution in [2.24, 2.45) is 0 Å². The molecule has 0 spiro atoms. The average molecular weight is 228 g/mol. The molecule has 0 aliphatic rings. The predicted octanol–water partition coefficient (Wildman–Crippen LogP) is 1.15. The molecular weight excluding hydrogens is 220 g/mol. The molecule has 6 nitrogen and oxygen atoms in total. The summed E-state index contributed by atoms with van der Waals surface area (Å²) in [5.41, 5.74) is 1.09. The van der Waals surface area contributed by atoms with Crippen LogP contribution in [0.4, 0.5) is 0 Å². The van der Waals surface area contributed by atoms with Gasteiger partial charge in [-0.05, 0) is 25.1 Å². The Morgan fingerprint density at radius 3 is 2.88 bits per heavy atom. The van der Waals surface area contributed by atoms with Gasteiger partial charge in [0, 0.05) is 0 Å². The summed E-state index contributed by atoms with van der Waals surface area (Å²) in [5.74, 6) is -0.981. The third-order valence-corrected chi connectivity index (χ3v) is 2.18. The summed E-state index contributed by atoms with van der Waals surface area (Å²) in [6.45, 7) is 1.65. The van der Waals surface area contributed by atoms with E-state index in [-0.39, 0.29) is 5.82 Å². The highest BCUT2D eigenvalue weighted by molar-refractivity contribution is 5.83. The molecule has 0 aliphatic carbocycles. The van der Waals surface area contributed by atoms with E-state index < -0.39 is 5.97 Å². The van der Waals surface area contributed by atoms with Gasteiger partial charge in [-0.25, -0.2) is 14.5 Å². The summed E-state index contributed by atoms with van der Waals surface area (Å²) in [6.07, 6.45) is 0. The maximum Gasteiger partial charge on any atom is 0.375 e. The second-order valence-electron chi connectivity index (χ2n) is 3.36. The lowest BCUT2D eigenvalue weighted by molar-refractivity contribution is 0.0683. The Hall–Kier alpha value is -2.68. The van der Waals surface area contributed by atoms with Crippen molar-refractivity contribution in [3.05, 3.63) is 41.5 Å². The standard InChI is InChI=1S/C11H8N4O2/c1-7-13-10(11(16)17)14-15(7)9-4-2-3-8(5-9)6-12/h2-5H,1H3,(H,16,17). The maximum atomic E-state index is 10.7. The largest absolute Gasteiger partial charge is 0.475 e. The van der Waals surface area contributed by atoms with Crippen LogP contribution in [0.5, 0.6) is 0 Å². The number of aromatic nitrogens is 3. The number of carboxylic acid groups (broad SMARTS) is 1. The van der Waals surface area contributed by atoms with Crippen LogP contribution < -0.4 is 0 Å². The van der Waals surface area contributed by atoms with E-state index in [2.05, 4.69) is 10.1 Å². The van der Waals surface area contributed by atoms with Gasteiger partial charge in [0.1, 0.15) is 5.82 Å². The van der Waals surface area contributed by atoms with Gasteiger partial charge >= 0.3 is 5.97 Å². The maximum absolute atomic E-state index is 10.7. The molecule has 0 bridgehead atoms. The molecule has 84 valence electrons. The van der Waals surface area contributed by atoms with Crippen LogP contribution >= 0.6 is 0 Å². The van der Waals surface area contributed by atoms with Crippen molar-refractivity contribution >= 4 is 5.97 Å². The normalized spacial score (nSPS) is 9.88. The molecule has 6 heteroatoms. The lowest BCUT2D eigenvalue weighted by Crippen LogP contribution is -2.02. The first kappa shape index (κ1) is 10.8. The molecule has 0 saturated heterocycles. The van der Waals surface area contributed by atoms with Crippen molar-refractivity contribution < 1.29 is 9.90 Å². The van der Waals surface area contributed by atoms with E-state index in [0.29, 0.717) is 17.1 Å². The fourth-order valence-corrected chi connectivity index (χ4v) is 1.43. The molecule has 1 N–H and O–H groups in total. The molecule has 2 rings (SSSR count). The van der Waals surface area contributed by atoms with Gasteiger partial charge in [0.15, 0.2) is 0 Å². The second kappa shape index (κ2) is 4.06. The van der Waals surface area contributed by atoms with Gasteiger partial charge < -0.3 is 5.11 Å². The third-order valence-electron chi connectivity index (χ3n) is 2.18. The van der Waals surface area contributed by atoms with Crippen LogP contribution in [-0.4, -0.2) is 25.8 Å². The second-order valence-corrected chi connectivity index (χ2v) is 3.36. The van der Waals surface area contributed by atoms with E-state index in [4.69, 9.17) is 10.4 Å². The van der Waals surface area contributed by atoms with E-state index >= 15 is 0 Å². The quantitative estimate of drug-likeness (QED) is 0.832. The molecule has 1 aromatic heterocycles. The third kappa shape index (κ3) is 1.99. The van der Waals surface area contributed by atoms with Gasteiger partial charge in [-0.2, -0.15) is 5.26 Å². The van der Waals surface area contributed by atoms with Crippen LogP contribution in [0.2, 0.25) is 0 Å². The number of nitrogens with zero attached hydrogens (tertiary/aromatic N) is 4. The predicted molar refractivity (Wildman–Crippen MR) is 57.8 cm³/mol. The molecule has 0 fully saturated rings. The summed E-state index contributed by atoms with van der Waals surface area (Å²) < 4.78 is 1.39. The molecule has 0 saturated carbocycles. The fraction of sp³-hybridized carbons (Fsp3) is 0.0909. The number of aromatic carboxylic acids is 1. The lowest BCUT2D eigenvalue weighted by Gasteiger charge is -2.02. The zero-order valence-electron chi connectivity index (χ0n) is 8.95. The van der Waals surface area contributed by atoms with Gasteiger partial charge in [-0.15, -0.1) is 5.10 Å². The van der Waals surface area contributed by atoms with E-state index in [0.717, 1.165) is 0 Å². The highest BCUT2D eigenvalue weighted by Gasteiger charge is 2.13. The summed E-state index contributed by atoms with van der Waals surface area (Å²) >= 11 is 0. The molecule has 17 heavy (non-hydrogen) atoms. The molecule has 0 aliphatic heterocycles. The lowest BCUT2D eigenvalue weighted by atomic mass is 10.2. The van der Waals surface area contributed by atoms with Gasteiger partial charge in [0.2, 0.25) is 0 Å². The van der Waals surface area contributed by atoms with Gasteiger partial charge in [-0.1, -0.05) is 6.07 Å². The number of carboxylic acids is 1. The first-order chi connectivity index (χ1) is 8.11. The topological polar surface area (TPSA) is 91.8 Å². The molecular formula is C11H8N4O2. The van der Waals surface area contributed by atoms with Crippen molar-refractivity contribution in [1.29, 1.82) is 5.26 Å². The molecule has 2 aromatic rings. The number of aryl methyl sites for hydroxylation is 1. The Morgan fingerprint density at radius 2 is 2.29 bits per heavy atom. The Balaban J connectivity index is 2.53. The van der Waals surface area contributed by atoms with Crippen LogP contribution in [0, 0.1) is 18.3 Å². The van der Waals surface area contributed by atoms with Crippen LogP contribution in [0.3, 0.4) is 0 Å². The van der Waals surface area contributed by atoms with Crippen molar-refractivity contribution in [3.63, 3.8) is 0 Å². The minimum atomic E-state index is -1.18. The number of rotatable bonds is 2. The number of hydrogen-bond donors (Lipinski definition) is 1. The fourth-order valence-electron chi connectivity index (χ4n) is 1.43. The van der Waals surface area contributed by atoms with E-state index in [9.17, 15) is 4.79 Å². The first-order valence-corrected chi connectivity index (χ1v) is 4.79. The Morgan fingerprint density at radius 1 is 1.53 bits per heavy atom. The van der Waals surface area contributed by atoms with Crippen LogP contribution in [0.25, 0.3) is 5.69 Å². The summed E-state index contributed by atoms with van der Waals surface area (Å²) in [5, 5.41) is 21.4. The average Bonchev–Trinajstić information content (AvgIpc) is 2.72. The highest BCUT2D eigenvalue weighted by Crippen LogP contribution is 2.11. The van der Waals surface area contributed by atoms with Crippen molar-refractivity contribution in [2.75, 3.05) is 0 Å². The molecule has 0 radical (unpaired) electrons. The molecule has 0 unspecified atom stereocenters. The number of carbonyl (C=O) groups is 1. The van der Waals surface area contributed by atoms with Gasteiger partial charge in [-0.3, -0.25) is 0 Å². The van der Waals surface area contributed by atoms with Gasteiger partial charge in [0.25, 0.3) is 5.82 Å². The SMILES string of the molecule is Cc1nc(C(=O)O)nn1-c1cccc(C#N)c1. The molecule has 1 aromatic carbocycles.